The molecule has 2 aromatic rings. The zero-order chi connectivity index (χ0) is 23.0. The largest absolute Gasteiger partial charge is 0.336 e. The number of anilines is 1. The van der Waals surface area contributed by atoms with Gasteiger partial charge in [-0.1, -0.05) is 13.0 Å². The van der Waals surface area contributed by atoms with Gasteiger partial charge in [-0.05, 0) is 48.7 Å². The van der Waals surface area contributed by atoms with Gasteiger partial charge in [0.25, 0.3) is 5.91 Å². The zero-order valence-electron chi connectivity index (χ0n) is 17.4. The summed E-state index contributed by atoms with van der Waals surface area (Å²) in [7, 11) is -4.00. The van der Waals surface area contributed by atoms with E-state index < -0.39 is 21.7 Å². The molecule has 2 unspecified atom stereocenters. The number of hydrogen-bond donors (Lipinski definition) is 1. The van der Waals surface area contributed by atoms with Gasteiger partial charge in [0.05, 0.1) is 4.90 Å². The van der Waals surface area contributed by atoms with E-state index in [1.165, 1.54) is 4.90 Å². The molecule has 0 aromatic heterocycles. The second kappa shape index (κ2) is 8.59. The molecule has 1 N–H and O–H groups in total. The summed E-state index contributed by atoms with van der Waals surface area (Å²) in [6.45, 7) is 2.37. The molecular weight excluding hydrogens is 440 g/mol. The Morgan fingerprint density at radius 3 is 2.31 bits per heavy atom. The Bertz CT molecular complexity index is 1160. The number of piperazine rings is 1. The van der Waals surface area contributed by atoms with Crippen LogP contribution in [0.3, 0.4) is 0 Å². The van der Waals surface area contributed by atoms with Crippen LogP contribution in [0, 0.1) is 23.5 Å². The summed E-state index contributed by atoms with van der Waals surface area (Å²) in [5.41, 5.74) is 0.933. The van der Waals surface area contributed by atoms with Crippen molar-refractivity contribution in [1.29, 1.82) is 0 Å². The maximum absolute atomic E-state index is 13.5. The number of benzene rings is 2. The SMILES string of the molecule is CC1CC1C(=O)Nc1cccc(C(=O)N2CCN(S(=O)(=O)c3ccc(F)c(F)c3)CC2)c1. The normalized spacial score (nSPS) is 21.3. The van der Waals surface area contributed by atoms with Crippen LogP contribution in [0.5, 0.6) is 0 Å². The average Bonchev–Trinajstić information content (AvgIpc) is 3.52. The molecule has 2 fully saturated rings. The van der Waals surface area contributed by atoms with E-state index in [4.69, 9.17) is 0 Å². The lowest BCUT2D eigenvalue weighted by Gasteiger charge is -2.34. The molecule has 2 atom stereocenters. The van der Waals surface area contributed by atoms with Gasteiger partial charge < -0.3 is 10.2 Å². The Kier molecular flexibility index (Phi) is 6.00. The fourth-order valence-electron chi connectivity index (χ4n) is 3.75. The number of carbonyl (C=O) groups is 2. The molecule has 1 saturated heterocycles. The molecule has 1 saturated carbocycles. The van der Waals surface area contributed by atoms with Crippen molar-refractivity contribution in [3.05, 3.63) is 59.7 Å². The monoisotopic (exact) mass is 463 g/mol. The fourth-order valence-corrected chi connectivity index (χ4v) is 5.19. The molecule has 7 nitrogen and oxygen atoms in total. The number of hydrogen-bond acceptors (Lipinski definition) is 4. The number of amides is 2. The molecule has 2 aromatic carbocycles. The van der Waals surface area contributed by atoms with Crippen molar-refractivity contribution in [3.8, 4) is 0 Å². The zero-order valence-corrected chi connectivity index (χ0v) is 18.2. The van der Waals surface area contributed by atoms with E-state index in [2.05, 4.69) is 5.32 Å². The standard InChI is InChI=1S/C22H23F2N3O4S/c1-14-11-18(14)21(28)25-16-4-2-3-15(12-16)22(29)26-7-9-27(10-8-26)32(30,31)17-5-6-19(23)20(24)13-17/h2-6,12-14,18H,7-11H2,1H3,(H,25,28). The van der Waals surface area contributed by atoms with Crippen LogP contribution in [-0.2, 0) is 14.8 Å². The molecule has 2 aliphatic rings. The first kappa shape index (κ1) is 22.3. The summed E-state index contributed by atoms with van der Waals surface area (Å²) in [6.07, 6.45) is 0.863. The highest BCUT2D eigenvalue weighted by Gasteiger charge is 2.39. The van der Waals surface area contributed by atoms with Crippen molar-refractivity contribution in [2.45, 2.75) is 18.2 Å². The molecule has 4 rings (SSSR count). The Morgan fingerprint density at radius 2 is 1.69 bits per heavy atom. The van der Waals surface area contributed by atoms with Gasteiger partial charge in [0.1, 0.15) is 0 Å². The number of nitrogens with one attached hydrogen (secondary N) is 1. The van der Waals surface area contributed by atoms with E-state index in [-0.39, 0.29) is 48.8 Å². The van der Waals surface area contributed by atoms with Gasteiger partial charge in [0.15, 0.2) is 11.6 Å². The van der Waals surface area contributed by atoms with Gasteiger partial charge in [-0.15, -0.1) is 0 Å². The summed E-state index contributed by atoms with van der Waals surface area (Å²) >= 11 is 0. The van der Waals surface area contributed by atoms with Crippen molar-refractivity contribution >= 4 is 27.5 Å². The predicted molar refractivity (Wildman–Crippen MR) is 113 cm³/mol. The molecule has 0 radical (unpaired) electrons. The van der Waals surface area contributed by atoms with Crippen molar-refractivity contribution < 1.29 is 26.8 Å². The average molecular weight is 464 g/mol. The van der Waals surface area contributed by atoms with E-state index in [0.29, 0.717) is 23.2 Å². The molecule has 32 heavy (non-hydrogen) atoms. The van der Waals surface area contributed by atoms with E-state index >= 15 is 0 Å². The minimum Gasteiger partial charge on any atom is -0.336 e. The first-order valence-electron chi connectivity index (χ1n) is 10.3. The minimum atomic E-state index is -4.00. The van der Waals surface area contributed by atoms with Gasteiger partial charge in [-0.2, -0.15) is 4.31 Å². The van der Waals surface area contributed by atoms with E-state index in [1.807, 2.05) is 6.92 Å². The highest BCUT2D eigenvalue weighted by Crippen LogP contribution is 2.38. The molecule has 2 amide bonds. The van der Waals surface area contributed by atoms with E-state index in [9.17, 15) is 26.8 Å². The third-order valence-electron chi connectivity index (χ3n) is 5.88. The van der Waals surface area contributed by atoms with Crippen LogP contribution in [0.15, 0.2) is 47.4 Å². The number of sulfonamides is 1. The van der Waals surface area contributed by atoms with Crippen LogP contribution in [0.25, 0.3) is 0 Å². The summed E-state index contributed by atoms with van der Waals surface area (Å²) < 4.78 is 53.2. The smallest absolute Gasteiger partial charge is 0.254 e. The Hall–Kier alpha value is -2.85. The predicted octanol–water partition coefficient (Wildman–Crippen LogP) is 2.71. The topological polar surface area (TPSA) is 86.8 Å². The van der Waals surface area contributed by atoms with Gasteiger partial charge in [0.2, 0.25) is 15.9 Å². The molecule has 10 heteroatoms. The van der Waals surface area contributed by atoms with Crippen LogP contribution in [-0.4, -0.2) is 55.6 Å². The first-order chi connectivity index (χ1) is 15.2. The maximum atomic E-state index is 13.5. The lowest BCUT2D eigenvalue weighted by molar-refractivity contribution is -0.117. The fraction of sp³-hybridized carbons (Fsp3) is 0.364. The highest BCUT2D eigenvalue weighted by molar-refractivity contribution is 7.89. The van der Waals surface area contributed by atoms with Crippen molar-refractivity contribution in [2.75, 3.05) is 31.5 Å². The highest BCUT2D eigenvalue weighted by atomic mass is 32.2. The Balaban J connectivity index is 1.39. The van der Waals surface area contributed by atoms with E-state index in [1.54, 1.807) is 24.3 Å². The summed E-state index contributed by atoms with van der Waals surface area (Å²) in [5.74, 6) is -2.30. The maximum Gasteiger partial charge on any atom is 0.254 e. The third-order valence-corrected chi connectivity index (χ3v) is 7.77. The van der Waals surface area contributed by atoms with Crippen LogP contribution in [0.1, 0.15) is 23.7 Å². The van der Waals surface area contributed by atoms with Crippen LogP contribution in [0.4, 0.5) is 14.5 Å². The van der Waals surface area contributed by atoms with Crippen LogP contribution in [0.2, 0.25) is 0 Å². The summed E-state index contributed by atoms with van der Waals surface area (Å²) in [6, 6.07) is 9.10. The number of rotatable bonds is 5. The molecule has 0 spiro atoms. The van der Waals surface area contributed by atoms with Gasteiger partial charge in [-0.25, -0.2) is 17.2 Å². The lowest BCUT2D eigenvalue weighted by atomic mass is 10.1. The molecular formula is C22H23F2N3O4S. The molecule has 1 aliphatic heterocycles. The van der Waals surface area contributed by atoms with Crippen LogP contribution < -0.4 is 5.32 Å². The summed E-state index contributed by atoms with van der Waals surface area (Å²) in [4.78, 5) is 26.2. The quantitative estimate of drug-likeness (QED) is 0.739. The Morgan fingerprint density at radius 1 is 1.00 bits per heavy atom. The molecule has 1 heterocycles. The van der Waals surface area contributed by atoms with Crippen molar-refractivity contribution in [2.24, 2.45) is 11.8 Å². The lowest BCUT2D eigenvalue weighted by Crippen LogP contribution is -2.50. The van der Waals surface area contributed by atoms with Gasteiger partial charge in [0, 0.05) is 43.3 Å². The number of halogens is 2. The minimum absolute atomic E-state index is 0.0129. The van der Waals surface area contributed by atoms with Gasteiger partial charge in [-0.3, -0.25) is 9.59 Å². The first-order valence-corrected chi connectivity index (χ1v) is 11.8. The van der Waals surface area contributed by atoms with Crippen LogP contribution >= 0.6 is 0 Å². The number of nitrogens with zero attached hydrogens (tertiary/aromatic N) is 2. The summed E-state index contributed by atoms with van der Waals surface area (Å²) in [5, 5.41) is 2.83. The molecule has 1 aliphatic carbocycles. The third kappa shape index (κ3) is 4.51. The molecule has 170 valence electrons. The van der Waals surface area contributed by atoms with E-state index in [0.717, 1.165) is 22.9 Å². The molecule has 0 bridgehead atoms. The number of carbonyl (C=O) groups excluding carboxylic acids is 2. The van der Waals surface area contributed by atoms with Crippen molar-refractivity contribution in [3.63, 3.8) is 0 Å². The second-order valence-electron chi connectivity index (χ2n) is 8.16. The second-order valence-corrected chi connectivity index (χ2v) is 10.1. The Labute approximate surface area is 185 Å². The van der Waals surface area contributed by atoms with Gasteiger partial charge >= 0.3 is 0 Å². The van der Waals surface area contributed by atoms with Crippen molar-refractivity contribution in [1.82, 2.24) is 9.21 Å².